The average molecular weight is 414 g/mol. The summed E-state index contributed by atoms with van der Waals surface area (Å²) in [7, 11) is 0. The number of hydrogen-bond acceptors (Lipinski definition) is 3. The van der Waals surface area contributed by atoms with Crippen LogP contribution in [0, 0.1) is 13.8 Å². The van der Waals surface area contributed by atoms with Gasteiger partial charge in [0.05, 0.1) is 24.2 Å². The third-order valence-corrected chi connectivity index (χ3v) is 6.50. The zero-order valence-corrected chi connectivity index (χ0v) is 18.0. The molecule has 0 spiro atoms. The Hall–Kier alpha value is -3.18. The van der Waals surface area contributed by atoms with Crippen molar-refractivity contribution in [1.29, 1.82) is 0 Å². The van der Waals surface area contributed by atoms with Crippen LogP contribution in [0.5, 0.6) is 0 Å². The monoisotopic (exact) mass is 413 g/mol. The van der Waals surface area contributed by atoms with Gasteiger partial charge in [-0.3, -0.25) is 4.79 Å². The molecule has 1 aliphatic heterocycles. The number of carbonyl (C=O) groups is 1. The number of hydrogen-bond donors (Lipinski definition) is 1. The lowest BCUT2D eigenvalue weighted by atomic mass is 9.97. The van der Waals surface area contributed by atoms with Crippen molar-refractivity contribution in [3.63, 3.8) is 0 Å². The van der Waals surface area contributed by atoms with E-state index in [2.05, 4.69) is 36.2 Å². The molecule has 0 unspecified atom stereocenters. The average Bonchev–Trinajstić information content (AvgIpc) is 3.33. The SMILES string of the molecule is Cc1cn(-c2ccc(/C=C3\CCCN([C@H]4Cc5ccccc5[C@H]4O)C3=O)cc2C)cn1. The van der Waals surface area contributed by atoms with Gasteiger partial charge in [-0.2, -0.15) is 0 Å². The van der Waals surface area contributed by atoms with Crippen LogP contribution in [0.2, 0.25) is 0 Å². The molecule has 1 N–H and O–H groups in total. The topological polar surface area (TPSA) is 58.4 Å². The number of piperidine rings is 1. The highest BCUT2D eigenvalue weighted by molar-refractivity contribution is 5.98. The van der Waals surface area contributed by atoms with Gasteiger partial charge in [-0.25, -0.2) is 4.98 Å². The molecule has 31 heavy (non-hydrogen) atoms. The molecule has 2 aliphatic rings. The molecule has 5 heteroatoms. The number of carbonyl (C=O) groups excluding carboxylic acids is 1. The lowest BCUT2D eigenvalue weighted by Gasteiger charge is -2.35. The van der Waals surface area contributed by atoms with Gasteiger partial charge in [0.2, 0.25) is 5.91 Å². The first-order chi connectivity index (χ1) is 15.0. The molecule has 1 aromatic heterocycles. The Morgan fingerprint density at radius 1 is 1.16 bits per heavy atom. The van der Waals surface area contributed by atoms with Crippen LogP contribution in [0.15, 0.2) is 60.6 Å². The van der Waals surface area contributed by atoms with Gasteiger partial charge < -0.3 is 14.6 Å². The Kier molecular flexibility index (Phi) is 4.98. The fourth-order valence-electron chi connectivity index (χ4n) is 4.93. The molecule has 2 atom stereocenters. The first-order valence-corrected chi connectivity index (χ1v) is 10.9. The van der Waals surface area contributed by atoms with Crippen molar-refractivity contribution < 1.29 is 9.90 Å². The van der Waals surface area contributed by atoms with Gasteiger partial charge in [0.25, 0.3) is 0 Å². The molecule has 1 saturated heterocycles. The van der Waals surface area contributed by atoms with Crippen molar-refractivity contribution in [2.24, 2.45) is 0 Å². The number of fused-ring (bicyclic) bond motifs is 1. The summed E-state index contributed by atoms with van der Waals surface area (Å²) >= 11 is 0. The van der Waals surface area contributed by atoms with Crippen LogP contribution in [0.25, 0.3) is 11.8 Å². The molecule has 158 valence electrons. The van der Waals surface area contributed by atoms with Crippen molar-refractivity contribution in [3.05, 3.63) is 88.5 Å². The molecule has 5 rings (SSSR count). The van der Waals surface area contributed by atoms with Crippen LogP contribution >= 0.6 is 0 Å². The maximum Gasteiger partial charge on any atom is 0.250 e. The molecule has 5 nitrogen and oxygen atoms in total. The molecule has 1 aliphatic carbocycles. The summed E-state index contributed by atoms with van der Waals surface area (Å²) in [5.74, 6) is 0.0510. The third kappa shape index (κ3) is 3.59. The fourth-order valence-corrected chi connectivity index (χ4v) is 4.93. The minimum Gasteiger partial charge on any atom is -0.386 e. The van der Waals surface area contributed by atoms with Gasteiger partial charge in [-0.1, -0.05) is 30.3 Å². The first-order valence-electron chi connectivity index (χ1n) is 10.9. The van der Waals surface area contributed by atoms with Gasteiger partial charge in [0.15, 0.2) is 0 Å². The molecular weight excluding hydrogens is 386 g/mol. The summed E-state index contributed by atoms with van der Waals surface area (Å²) in [6, 6.07) is 14.0. The fraction of sp³-hybridized carbons (Fsp3) is 0.308. The van der Waals surface area contributed by atoms with E-state index in [0.717, 1.165) is 52.0 Å². The first kappa shape index (κ1) is 19.8. The summed E-state index contributed by atoms with van der Waals surface area (Å²) in [6.45, 7) is 4.75. The largest absolute Gasteiger partial charge is 0.386 e. The molecule has 0 bridgehead atoms. The number of likely N-dealkylation sites (tertiary alicyclic amines) is 1. The number of nitrogens with zero attached hydrogens (tertiary/aromatic N) is 3. The van der Waals surface area contributed by atoms with E-state index in [1.165, 1.54) is 0 Å². The minimum atomic E-state index is -0.611. The third-order valence-electron chi connectivity index (χ3n) is 6.50. The second-order valence-electron chi connectivity index (χ2n) is 8.66. The summed E-state index contributed by atoms with van der Waals surface area (Å²) in [6.07, 6.45) is 7.64. The molecule has 2 aromatic carbocycles. The minimum absolute atomic E-state index is 0.0510. The normalized spacial score (nSPS) is 22.2. The summed E-state index contributed by atoms with van der Waals surface area (Å²) in [4.78, 5) is 19.5. The molecule has 0 radical (unpaired) electrons. The van der Waals surface area contributed by atoms with E-state index in [-0.39, 0.29) is 11.9 Å². The van der Waals surface area contributed by atoms with Crippen LogP contribution in [0.3, 0.4) is 0 Å². The van der Waals surface area contributed by atoms with Gasteiger partial charge in [-0.15, -0.1) is 0 Å². The predicted octanol–water partition coefficient (Wildman–Crippen LogP) is 4.15. The number of aromatic nitrogens is 2. The van der Waals surface area contributed by atoms with E-state index in [4.69, 9.17) is 0 Å². The number of benzene rings is 2. The van der Waals surface area contributed by atoms with E-state index in [9.17, 15) is 9.90 Å². The van der Waals surface area contributed by atoms with E-state index in [0.29, 0.717) is 13.0 Å². The zero-order chi connectivity index (χ0) is 21.5. The Labute approximate surface area is 182 Å². The Morgan fingerprint density at radius 3 is 2.74 bits per heavy atom. The Morgan fingerprint density at radius 2 is 2.00 bits per heavy atom. The van der Waals surface area contributed by atoms with Crippen LogP contribution in [0.1, 0.15) is 46.9 Å². The highest BCUT2D eigenvalue weighted by atomic mass is 16.3. The van der Waals surface area contributed by atoms with Crippen molar-refractivity contribution in [3.8, 4) is 5.69 Å². The summed E-state index contributed by atoms with van der Waals surface area (Å²) in [5, 5.41) is 10.8. The van der Waals surface area contributed by atoms with Crippen LogP contribution in [0.4, 0.5) is 0 Å². The van der Waals surface area contributed by atoms with E-state index in [1.54, 1.807) is 0 Å². The highest BCUT2D eigenvalue weighted by Crippen LogP contribution is 2.36. The van der Waals surface area contributed by atoms with Crippen LogP contribution < -0.4 is 0 Å². The van der Waals surface area contributed by atoms with Crippen molar-refractivity contribution in [1.82, 2.24) is 14.5 Å². The molecule has 2 heterocycles. The lowest BCUT2D eigenvalue weighted by molar-refractivity contribution is -0.133. The number of aliphatic hydroxyl groups is 1. The predicted molar refractivity (Wildman–Crippen MR) is 121 cm³/mol. The van der Waals surface area contributed by atoms with Gasteiger partial charge >= 0.3 is 0 Å². The lowest BCUT2D eigenvalue weighted by Crippen LogP contribution is -2.46. The van der Waals surface area contributed by atoms with Crippen LogP contribution in [-0.4, -0.2) is 38.1 Å². The smallest absolute Gasteiger partial charge is 0.250 e. The Balaban J connectivity index is 1.38. The highest BCUT2D eigenvalue weighted by Gasteiger charge is 2.39. The summed E-state index contributed by atoms with van der Waals surface area (Å²) in [5.41, 5.74) is 7.15. The van der Waals surface area contributed by atoms with Crippen molar-refractivity contribution in [2.75, 3.05) is 6.54 Å². The number of imidazole rings is 1. The van der Waals surface area contributed by atoms with Crippen LogP contribution in [-0.2, 0) is 11.2 Å². The molecule has 0 saturated carbocycles. The molecule has 1 amide bonds. The molecule has 1 fully saturated rings. The van der Waals surface area contributed by atoms with Crippen molar-refractivity contribution >= 4 is 12.0 Å². The zero-order valence-electron chi connectivity index (χ0n) is 18.0. The second kappa shape index (κ2) is 7.82. The standard InChI is InChI=1S/C26H27N3O2/c1-17-12-19(9-10-23(17)28-15-18(2)27-16-28)13-21-7-5-11-29(26(21)31)24-14-20-6-3-4-8-22(20)25(24)30/h3-4,6,8-10,12-13,15-16,24-25,30H,5,7,11,14H2,1-2H3/b21-13+/t24-,25+/m0/s1. The second-order valence-corrected chi connectivity index (χ2v) is 8.66. The maximum atomic E-state index is 13.3. The quantitative estimate of drug-likeness (QED) is 0.656. The number of amides is 1. The maximum absolute atomic E-state index is 13.3. The summed E-state index contributed by atoms with van der Waals surface area (Å²) < 4.78 is 2.02. The molecule has 3 aromatic rings. The number of rotatable bonds is 3. The van der Waals surface area contributed by atoms with Crippen molar-refractivity contribution in [2.45, 2.75) is 45.3 Å². The van der Waals surface area contributed by atoms with E-state index >= 15 is 0 Å². The van der Waals surface area contributed by atoms with Gasteiger partial charge in [-0.05, 0) is 73.6 Å². The van der Waals surface area contributed by atoms with Gasteiger partial charge in [0.1, 0.15) is 0 Å². The molecular formula is C26H27N3O2. The van der Waals surface area contributed by atoms with Gasteiger partial charge in [0, 0.05) is 24.0 Å². The van der Waals surface area contributed by atoms with E-state index in [1.807, 2.05) is 53.2 Å². The Bertz CT molecular complexity index is 1180. The number of aryl methyl sites for hydroxylation is 2. The number of aliphatic hydroxyl groups excluding tert-OH is 1. The van der Waals surface area contributed by atoms with E-state index < -0.39 is 6.10 Å².